The number of aliphatic hydroxyl groups is 1. The highest BCUT2D eigenvalue weighted by Gasteiger charge is 2.19. The molecule has 4 heteroatoms. The topological polar surface area (TPSA) is 40.5 Å². The van der Waals surface area contributed by atoms with E-state index in [1.54, 1.807) is 16.7 Å². The number of hydrogen-bond donors (Lipinski definition) is 1. The third-order valence-electron chi connectivity index (χ3n) is 3.25. The van der Waals surface area contributed by atoms with Crippen molar-refractivity contribution in [3.63, 3.8) is 0 Å². The number of aryl methyl sites for hydroxylation is 1. The molecule has 3 nitrogen and oxygen atoms in total. The van der Waals surface area contributed by atoms with E-state index in [0.717, 1.165) is 16.9 Å². The molecule has 1 amide bonds. The van der Waals surface area contributed by atoms with Crippen molar-refractivity contribution in [1.82, 2.24) is 4.90 Å². The molecule has 1 aromatic rings. The van der Waals surface area contributed by atoms with Crippen LogP contribution in [-0.4, -0.2) is 47.6 Å². The fraction of sp³-hybridized carbons (Fsp3) is 0.471. The van der Waals surface area contributed by atoms with Gasteiger partial charge in [0.1, 0.15) is 0 Å². The predicted molar refractivity (Wildman–Crippen MR) is 89.7 cm³/mol. The van der Waals surface area contributed by atoms with E-state index in [-0.39, 0.29) is 18.6 Å². The standard InChI is InChI=1S/C17H23NO2S/c1-13-8-9-15(7-5-6-10-19)16(11-13)17(20)18(3)14(2)12-21-4/h8-9,11,14,19H,6,10,12H2,1-4H3. The molecular weight excluding hydrogens is 282 g/mol. The van der Waals surface area contributed by atoms with Crippen LogP contribution in [0.2, 0.25) is 0 Å². The van der Waals surface area contributed by atoms with E-state index in [0.29, 0.717) is 12.0 Å². The van der Waals surface area contributed by atoms with Crippen LogP contribution in [0.3, 0.4) is 0 Å². The fourth-order valence-electron chi connectivity index (χ4n) is 1.90. The lowest BCUT2D eigenvalue weighted by atomic mass is 10.0. The molecule has 0 fully saturated rings. The van der Waals surface area contributed by atoms with Crippen molar-refractivity contribution in [1.29, 1.82) is 0 Å². The van der Waals surface area contributed by atoms with Crippen LogP contribution in [0, 0.1) is 18.8 Å². The maximum Gasteiger partial charge on any atom is 0.255 e. The van der Waals surface area contributed by atoms with Crippen molar-refractivity contribution >= 4 is 17.7 Å². The largest absolute Gasteiger partial charge is 0.395 e. The molecule has 0 heterocycles. The van der Waals surface area contributed by atoms with Crippen molar-refractivity contribution in [2.75, 3.05) is 25.7 Å². The summed E-state index contributed by atoms with van der Waals surface area (Å²) in [5, 5.41) is 8.81. The zero-order valence-electron chi connectivity index (χ0n) is 13.1. The average Bonchev–Trinajstić information content (AvgIpc) is 2.47. The zero-order valence-corrected chi connectivity index (χ0v) is 14.0. The first-order valence-electron chi connectivity index (χ1n) is 6.97. The van der Waals surface area contributed by atoms with E-state index in [4.69, 9.17) is 5.11 Å². The molecule has 0 aliphatic carbocycles. The van der Waals surface area contributed by atoms with Crippen LogP contribution in [0.5, 0.6) is 0 Å². The van der Waals surface area contributed by atoms with Crippen molar-refractivity contribution in [3.05, 3.63) is 34.9 Å². The number of amides is 1. The summed E-state index contributed by atoms with van der Waals surface area (Å²) in [5.74, 6) is 6.77. The third-order valence-corrected chi connectivity index (χ3v) is 4.07. The number of benzene rings is 1. The summed E-state index contributed by atoms with van der Waals surface area (Å²) < 4.78 is 0. The van der Waals surface area contributed by atoms with Crippen molar-refractivity contribution in [3.8, 4) is 11.8 Å². The Morgan fingerprint density at radius 2 is 2.19 bits per heavy atom. The van der Waals surface area contributed by atoms with Crippen LogP contribution >= 0.6 is 11.8 Å². The van der Waals surface area contributed by atoms with Gasteiger partial charge in [0, 0.05) is 30.8 Å². The lowest BCUT2D eigenvalue weighted by Crippen LogP contribution is -2.37. The summed E-state index contributed by atoms with van der Waals surface area (Å²) in [5.41, 5.74) is 2.40. The lowest BCUT2D eigenvalue weighted by molar-refractivity contribution is 0.0757. The van der Waals surface area contributed by atoms with Gasteiger partial charge in [-0.05, 0) is 32.2 Å². The molecule has 0 radical (unpaired) electrons. The summed E-state index contributed by atoms with van der Waals surface area (Å²) in [7, 11) is 1.83. The van der Waals surface area contributed by atoms with Crippen LogP contribution in [0.15, 0.2) is 18.2 Å². The molecule has 21 heavy (non-hydrogen) atoms. The number of aliphatic hydroxyl groups excluding tert-OH is 1. The molecule has 1 rings (SSSR count). The molecule has 1 unspecified atom stereocenters. The second-order valence-electron chi connectivity index (χ2n) is 5.04. The highest BCUT2D eigenvalue weighted by Crippen LogP contribution is 2.15. The van der Waals surface area contributed by atoms with Crippen LogP contribution in [0.4, 0.5) is 0 Å². The molecule has 1 N–H and O–H groups in total. The Kier molecular flexibility index (Phi) is 7.35. The van der Waals surface area contributed by atoms with Gasteiger partial charge in [-0.25, -0.2) is 0 Å². The first-order chi connectivity index (χ1) is 10.0. The quantitative estimate of drug-likeness (QED) is 0.850. The Morgan fingerprint density at radius 3 is 2.81 bits per heavy atom. The van der Waals surface area contributed by atoms with E-state index in [1.807, 2.05) is 45.4 Å². The Bertz CT molecular complexity index is 545. The maximum atomic E-state index is 12.7. The SMILES string of the molecule is CSCC(C)N(C)C(=O)c1cc(C)ccc1C#CCCO. The Hall–Kier alpha value is -1.44. The van der Waals surface area contributed by atoms with Gasteiger partial charge in [0.15, 0.2) is 0 Å². The summed E-state index contributed by atoms with van der Waals surface area (Å²) >= 11 is 1.73. The zero-order chi connectivity index (χ0) is 15.8. The van der Waals surface area contributed by atoms with Crippen LogP contribution < -0.4 is 0 Å². The van der Waals surface area contributed by atoms with Gasteiger partial charge in [0.2, 0.25) is 0 Å². The minimum atomic E-state index is -0.00597. The molecule has 114 valence electrons. The number of nitrogens with zero attached hydrogens (tertiary/aromatic N) is 1. The molecule has 0 aliphatic rings. The summed E-state index contributed by atoms with van der Waals surface area (Å²) in [6.45, 7) is 4.04. The number of rotatable bonds is 5. The van der Waals surface area contributed by atoms with Crippen molar-refractivity contribution in [2.45, 2.75) is 26.3 Å². The van der Waals surface area contributed by atoms with Gasteiger partial charge in [-0.2, -0.15) is 11.8 Å². The molecule has 0 saturated heterocycles. The van der Waals surface area contributed by atoms with Gasteiger partial charge in [0.05, 0.1) is 12.2 Å². The number of carbonyl (C=O) groups excluding carboxylic acids is 1. The van der Waals surface area contributed by atoms with Gasteiger partial charge in [-0.1, -0.05) is 23.5 Å². The van der Waals surface area contributed by atoms with Crippen molar-refractivity contribution in [2.24, 2.45) is 0 Å². The molecule has 0 bridgehead atoms. The molecule has 0 saturated carbocycles. The maximum absolute atomic E-state index is 12.7. The fourth-order valence-corrected chi connectivity index (χ4v) is 2.61. The average molecular weight is 305 g/mol. The summed E-state index contributed by atoms with van der Waals surface area (Å²) in [6.07, 6.45) is 2.45. The molecule has 0 aromatic heterocycles. The monoisotopic (exact) mass is 305 g/mol. The third kappa shape index (κ3) is 5.11. The highest BCUT2D eigenvalue weighted by molar-refractivity contribution is 7.98. The first-order valence-corrected chi connectivity index (χ1v) is 8.37. The minimum Gasteiger partial charge on any atom is -0.395 e. The Morgan fingerprint density at radius 1 is 1.48 bits per heavy atom. The van der Waals surface area contributed by atoms with E-state index in [9.17, 15) is 4.79 Å². The molecule has 0 aliphatic heterocycles. The lowest BCUT2D eigenvalue weighted by Gasteiger charge is -2.25. The molecule has 1 aromatic carbocycles. The van der Waals surface area contributed by atoms with E-state index < -0.39 is 0 Å². The van der Waals surface area contributed by atoms with Gasteiger partial charge >= 0.3 is 0 Å². The predicted octanol–water partition coefficient (Wildman–Crippen LogP) is 2.55. The van der Waals surface area contributed by atoms with Gasteiger partial charge in [0.25, 0.3) is 5.91 Å². The normalized spacial score (nSPS) is 11.5. The number of carbonyl (C=O) groups is 1. The van der Waals surface area contributed by atoms with Crippen LogP contribution in [-0.2, 0) is 0 Å². The molecule has 0 spiro atoms. The summed E-state index contributed by atoms with van der Waals surface area (Å²) in [6, 6.07) is 5.88. The highest BCUT2D eigenvalue weighted by atomic mass is 32.2. The van der Waals surface area contributed by atoms with Gasteiger partial charge in [-0.15, -0.1) is 0 Å². The van der Waals surface area contributed by atoms with Gasteiger partial charge in [-0.3, -0.25) is 4.79 Å². The summed E-state index contributed by atoms with van der Waals surface area (Å²) in [4.78, 5) is 14.4. The Balaban J connectivity index is 3.07. The number of hydrogen-bond acceptors (Lipinski definition) is 3. The smallest absolute Gasteiger partial charge is 0.255 e. The number of thioether (sulfide) groups is 1. The van der Waals surface area contributed by atoms with E-state index >= 15 is 0 Å². The molecular formula is C17H23NO2S. The minimum absolute atomic E-state index is 0.00597. The first kappa shape index (κ1) is 17.6. The Labute approximate surface area is 131 Å². The van der Waals surface area contributed by atoms with Gasteiger partial charge < -0.3 is 10.0 Å². The molecule has 1 atom stereocenters. The van der Waals surface area contributed by atoms with Crippen LogP contribution in [0.25, 0.3) is 0 Å². The van der Waals surface area contributed by atoms with Crippen molar-refractivity contribution < 1.29 is 9.90 Å². The van der Waals surface area contributed by atoms with E-state index in [1.165, 1.54) is 0 Å². The van der Waals surface area contributed by atoms with E-state index in [2.05, 4.69) is 11.8 Å². The second-order valence-corrected chi connectivity index (χ2v) is 5.96. The van der Waals surface area contributed by atoms with Crippen LogP contribution in [0.1, 0.15) is 34.8 Å². The second kappa shape index (κ2) is 8.76.